The van der Waals surface area contributed by atoms with E-state index in [-0.39, 0.29) is 24.7 Å². The van der Waals surface area contributed by atoms with Gasteiger partial charge in [-0.3, -0.25) is 9.59 Å². The van der Waals surface area contributed by atoms with E-state index < -0.39 is 0 Å². The van der Waals surface area contributed by atoms with Gasteiger partial charge in [0.15, 0.2) is 0 Å². The third-order valence-corrected chi connectivity index (χ3v) is 2.36. The van der Waals surface area contributed by atoms with Gasteiger partial charge in [-0.05, 0) is 11.6 Å². The van der Waals surface area contributed by atoms with Gasteiger partial charge in [0.2, 0.25) is 11.8 Å². The van der Waals surface area contributed by atoms with Crippen LogP contribution in [-0.2, 0) is 16.0 Å². The smallest absolute Gasteiger partial charge is 0.224 e. The molecule has 1 aromatic carbocycles. The van der Waals surface area contributed by atoms with Gasteiger partial charge in [-0.25, -0.2) is 0 Å². The molecule has 0 spiro atoms. The molecule has 0 atom stereocenters. The second-order valence-electron chi connectivity index (χ2n) is 3.65. The highest BCUT2D eigenvalue weighted by Gasteiger charge is 2.06. The molecule has 5 nitrogen and oxygen atoms in total. The van der Waals surface area contributed by atoms with E-state index in [9.17, 15) is 9.59 Å². The van der Waals surface area contributed by atoms with Gasteiger partial charge in [0.05, 0.1) is 6.42 Å². The van der Waals surface area contributed by atoms with Crippen molar-refractivity contribution < 1.29 is 9.59 Å². The zero-order valence-corrected chi connectivity index (χ0v) is 9.82. The molecule has 5 heteroatoms. The molecule has 92 valence electrons. The van der Waals surface area contributed by atoms with Crippen LogP contribution in [-0.4, -0.2) is 25.4 Å². The van der Waals surface area contributed by atoms with Crippen LogP contribution in [0.1, 0.15) is 12.0 Å². The predicted molar refractivity (Wildman–Crippen MR) is 66.3 cm³/mol. The summed E-state index contributed by atoms with van der Waals surface area (Å²) in [6.45, 7) is 0.339. The lowest BCUT2D eigenvalue weighted by Gasteiger charge is -2.06. The number of nitrogen functional groups attached to an aromatic ring is 1. The number of carbonyl (C=O) groups excluding carboxylic acids is 2. The van der Waals surface area contributed by atoms with Gasteiger partial charge in [-0.2, -0.15) is 0 Å². The summed E-state index contributed by atoms with van der Waals surface area (Å²) >= 11 is 0. The van der Waals surface area contributed by atoms with Gasteiger partial charge < -0.3 is 16.4 Å². The average molecular weight is 235 g/mol. The molecule has 0 heterocycles. The van der Waals surface area contributed by atoms with Crippen LogP contribution in [0.15, 0.2) is 24.3 Å². The first-order valence-electron chi connectivity index (χ1n) is 5.44. The van der Waals surface area contributed by atoms with Crippen molar-refractivity contribution in [2.24, 2.45) is 0 Å². The number of amides is 2. The molecular weight excluding hydrogens is 218 g/mol. The number of para-hydroxylation sites is 1. The summed E-state index contributed by atoms with van der Waals surface area (Å²) < 4.78 is 0. The highest BCUT2D eigenvalue weighted by molar-refractivity contribution is 5.81. The minimum absolute atomic E-state index is 0.0930. The van der Waals surface area contributed by atoms with Gasteiger partial charge in [0.1, 0.15) is 0 Å². The largest absolute Gasteiger partial charge is 0.398 e. The van der Waals surface area contributed by atoms with E-state index in [4.69, 9.17) is 5.73 Å². The van der Waals surface area contributed by atoms with E-state index in [0.29, 0.717) is 12.2 Å². The van der Waals surface area contributed by atoms with Crippen molar-refractivity contribution in [1.82, 2.24) is 10.6 Å². The molecule has 0 bridgehead atoms. The maximum absolute atomic E-state index is 11.5. The summed E-state index contributed by atoms with van der Waals surface area (Å²) in [5, 5.41) is 5.16. The Kier molecular flexibility index (Phi) is 5.00. The molecule has 1 aromatic rings. The van der Waals surface area contributed by atoms with Crippen LogP contribution >= 0.6 is 0 Å². The van der Waals surface area contributed by atoms with E-state index in [2.05, 4.69) is 10.6 Å². The first-order chi connectivity index (χ1) is 8.13. The van der Waals surface area contributed by atoms with Crippen LogP contribution in [0, 0.1) is 0 Å². The zero-order chi connectivity index (χ0) is 12.7. The Morgan fingerprint density at radius 1 is 1.24 bits per heavy atom. The molecular formula is C12H17N3O2. The summed E-state index contributed by atoms with van der Waals surface area (Å²) in [6, 6.07) is 7.23. The Morgan fingerprint density at radius 3 is 2.59 bits per heavy atom. The second kappa shape index (κ2) is 6.52. The molecule has 0 saturated heterocycles. The van der Waals surface area contributed by atoms with Gasteiger partial charge in [0, 0.05) is 25.7 Å². The van der Waals surface area contributed by atoms with Crippen molar-refractivity contribution in [1.29, 1.82) is 0 Å². The molecule has 1 rings (SSSR count). The number of rotatable bonds is 5. The quantitative estimate of drug-likeness (QED) is 0.631. The van der Waals surface area contributed by atoms with E-state index >= 15 is 0 Å². The standard InChI is InChI=1S/C12H17N3O2/c1-14-11(16)6-7-15-12(17)8-9-4-2-3-5-10(9)13/h2-5H,6-8,13H2,1H3,(H,14,16)(H,15,17). The topological polar surface area (TPSA) is 84.2 Å². The van der Waals surface area contributed by atoms with Crippen LogP contribution in [0.3, 0.4) is 0 Å². The van der Waals surface area contributed by atoms with Crippen molar-refractivity contribution in [2.45, 2.75) is 12.8 Å². The number of nitrogens with one attached hydrogen (secondary N) is 2. The number of benzene rings is 1. The van der Waals surface area contributed by atoms with Crippen molar-refractivity contribution in [3.63, 3.8) is 0 Å². The van der Waals surface area contributed by atoms with Crippen molar-refractivity contribution in [2.75, 3.05) is 19.3 Å². The SMILES string of the molecule is CNC(=O)CCNC(=O)Cc1ccccc1N. The predicted octanol–water partition coefficient (Wildman–Crippen LogP) is 0.0636. The van der Waals surface area contributed by atoms with Crippen LogP contribution in [0.4, 0.5) is 5.69 Å². The van der Waals surface area contributed by atoms with Gasteiger partial charge in [-0.15, -0.1) is 0 Å². The lowest BCUT2D eigenvalue weighted by atomic mass is 10.1. The number of hydrogen-bond donors (Lipinski definition) is 3. The van der Waals surface area contributed by atoms with E-state index in [0.717, 1.165) is 5.56 Å². The first-order valence-corrected chi connectivity index (χ1v) is 5.44. The molecule has 0 saturated carbocycles. The fourth-order valence-electron chi connectivity index (χ4n) is 1.37. The Balaban J connectivity index is 2.35. The van der Waals surface area contributed by atoms with E-state index in [1.165, 1.54) is 0 Å². The minimum atomic E-state index is -0.133. The van der Waals surface area contributed by atoms with E-state index in [1.807, 2.05) is 18.2 Å². The van der Waals surface area contributed by atoms with Crippen LogP contribution in [0.5, 0.6) is 0 Å². The normalized spacial score (nSPS) is 9.71. The monoisotopic (exact) mass is 235 g/mol. The number of hydrogen-bond acceptors (Lipinski definition) is 3. The first kappa shape index (κ1) is 13.0. The lowest BCUT2D eigenvalue weighted by Crippen LogP contribution is -2.30. The lowest BCUT2D eigenvalue weighted by molar-refractivity contribution is -0.121. The summed E-state index contributed by atoms with van der Waals surface area (Å²) in [5.74, 6) is -0.226. The number of anilines is 1. The molecule has 4 N–H and O–H groups in total. The highest BCUT2D eigenvalue weighted by atomic mass is 16.2. The van der Waals surface area contributed by atoms with Crippen molar-refractivity contribution in [3.8, 4) is 0 Å². The zero-order valence-electron chi connectivity index (χ0n) is 9.82. The van der Waals surface area contributed by atoms with Gasteiger partial charge >= 0.3 is 0 Å². The van der Waals surface area contributed by atoms with Gasteiger partial charge in [-0.1, -0.05) is 18.2 Å². The van der Waals surface area contributed by atoms with Crippen molar-refractivity contribution in [3.05, 3.63) is 29.8 Å². The molecule has 0 aliphatic heterocycles. The molecule has 0 aliphatic carbocycles. The fraction of sp³-hybridized carbons (Fsp3) is 0.333. The van der Waals surface area contributed by atoms with Gasteiger partial charge in [0.25, 0.3) is 0 Å². The highest BCUT2D eigenvalue weighted by Crippen LogP contribution is 2.10. The minimum Gasteiger partial charge on any atom is -0.398 e. The molecule has 0 unspecified atom stereocenters. The Bertz CT molecular complexity index is 404. The summed E-state index contributed by atoms with van der Waals surface area (Å²) in [6.07, 6.45) is 0.521. The van der Waals surface area contributed by atoms with Crippen LogP contribution in [0.25, 0.3) is 0 Å². The summed E-state index contributed by atoms with van der Waals surface area (Å²) in [5.41, 5.74) is 7.12. The van der Waals surface area contributed by atoms with Crippen LogP contribution < -0.4 is 16.4 Å². The van der Waals surface area contributed by atoms with Crippen molar-refractivity contribution >= 4 is 17.5 Å². The molecule has 17 heavy (non-hydrogen) atoms. The molecule has 2 amide bonds. The third kappa shape index (κ3) is 4.55. The Hall–Kier alpha value is -2.04. The summed E-state index contributed by atoms with van der Waals surface area (Å²) in [7, 11) is 1.56. The molecule has 0 aliphatic rings. The maximum atomic E-state index is 11.5. The summed E-state index contributed by atoms with van der Waals surface area (Å²) in [4.78, 5) is 22.5. The van der Waals surface area contributed by atoms with Crippen LogP contribution in [0.2, 0.25) is 0 Å². The van der Waals surface area contributed by atoms with E-state index in [1.54, 1.807) is 13.1 Å². The maximum Gasteiger partial charge on any atom is 0.224 e. The second-order valence-corrected chi connectivity index (χ2v) is 3.65. The average Bonchev–Trinajstić information content (AvgIpc) is 2.32. The number of nitrogens with two attached hydrogens (primary N) is 1. The number of carbonyl (C=O) groups is 2. The fourth-order valence-corrected chi connectivity index (χ4v) is 1.37. The molecule has 0 fully saturated rings. The third-order valence-electron chi connectivity index (χ3n) is 2.36. The molecule has 0 aromatic heterocycles. The Labute approximate surface area is 100 Å². The Morgan fingerprint density at radius 2 is 1.94 bits per heavy atom. The molecule has 0 radical (unpaired) electrons.